The molecule has 3 amide bonds. The van der Waals surface area contributed by atoms with Crippen LogP contribution in [0.2, 0.25) is 0 Å². The SMILES string of the molecule is C#C[C@@H]1[C@H]2O[C@](C)(OC)C(C)(C)O[C@@H]2CN(C(=O)OC(C)(C)C)C12CC2.CO[C@@]1(C)O[C@@H]2[C@@H](C#CCC=O)C3(CC3)N(C(=O)OC(C)(C)C)C[C@H]2OC1(C)C.CO[C@@]1(C)O[C@@H]2[C@@H](C#CCCO)C3(CC3)N(C(=O)OC(C)(C)C)C[C@H]2OC1(C)C.O[C@H]1[C@H](O)CNC2(CC2)[C@@H]1C#CCC(F)F.O[C@H]1[C@H](O)CNC2(CC2)[C@@H]1C#CCCF. The van der Waals surface area contributed by atoms with Crippen molar-refractivity contribution in [3.05, 3.63) is 0 Å². The van der Waals surface area contributed by atoms with Gasteiger partial charge in [-0.05, 0) is 189 Å². The molecule has 5 saturated carbocycles. The van der Waals surface area contributed by atoms with Crippen LogP contribution in [0.15, 0.2) is 0 Å². The first-order valence-corrected chi connectivity index (χ1v) is 40.7. The van der Waals surface area contributed by atoms with Gasteiger partial charge in [-0.25, -0.2) is 23.2 Å². The fourth-order valence-corrected chi connectivity index (χ4v) is 17.1. The summed E-state index contributed by atoms with van der Waals surface area (Å²) in [5.74, 6) is 21.8. The van der Waals surface area contributed by atoms with Gasteiger partial charge < -0.3 is 97.8 Å². The number of aldehydes is 1. The molecule has 26 nitrogen and oxygen atoms in total. The highest BCUT2D eigenvalue weighted by molar-refractivity contribution is 5.72. The summed E-state index contributed by atoms with van der Waals surface area (Å²) in [6.07, 6.45) is 6.72. The van der Waals surface area contributed by atoms with Crippen LogP contribution in [0.25, 0.3) is 0 Å². The number of piperidine rings is 5. The van der Waals surface area contributed by atoms with E-state index in [2.05, 4.69) is 63.9 Å². The average molecular weight is 1630 g/mol. The lowest BCUT2D eigenvalue weighted by Crippen LogP contribution is -2.71. The van der Waals surface area contributed by atoms with E-state index >= 15 is 0 Å². The number of carbonyl (C=O) groups excluding carboxylic acids is 4. The van der Waals surface area contributed by atoms with E-state index in [0.29, 0.717) is 39.1 Å². The molecule has 646 valence electrons. The van der Waals surface area contributed by atoms with Crippen LogP contribution < -0.4 is 10.6 Å². The van der Waals surface area contributed by atoms with Crippen molar-refractivity contribution in [3.8, 4) is 59.7 Å². The molecule has 13 rings (SSSR count). The number of rotatable bonds is 7. The molecule has 8 saturated heterocycles. The van der Waals surface area contributed by atoms with E-state index in [1.165, 1.54) is 0 Å². The number of likely N-dealkylation sites (tertiary alicyclic amines) is 3. The van der Waals surface area contributed by atoms with Crippen LogP contribution in [0.5, 0.6) is 0 Å². The lowest BCUT2D eigenvalue weighted by Gasteiger charge is -2.57. The van der Waals surface area contributed by atoms with Gasteiger partial charge in [0.25, 0.3) is 0 Å². The number of aliphatic hydroxyl groups excluding tert-OH is 5. The van der Waals surface area contributed by atoms with E-state index < -0.39 is 117 Å². The van der Waals surface area contributed by atoms with Crippen LogP contribution in [0.1, 0.15) is 215 Å². The number of β-amino-alcohol motifs (C(OH)–C–C–N with tert-alkyl or cyclic N) is 2. The van der Waals surface area contributed by atoms with Gasteiger partial charge >= 0.3 is 18.3 Å². The average Bonchev–Trinajstić information content (AvgIpc) is 1.61. The number of hydrogen-bond donors (Lipinski definition) is 7. The first-order valence-electron chi connectivity index (χ1n) is 40.7. The maximum absolute atomic E-state index is 13.1. The molecule has 29 heteroatoms. The highest BCUT2D eigenvalue weighted by Gasteiger charge is 2.71. The molecule has 5 spiro atoms. The van der Waals surface area contributed by atoms with Gasteiger partial charge in [0, 0.05) is 58.3 Å². The van der Waals surface area contributed by atoms with Crippen LogP contribution in [0.4, 0.5) is 27.6 Å². The topological polar surface area (TPSA) is 314 Å². The van der Waals surface area contributed by atoms with E-state index in [-0.39, 0.29) is 109 Å². The minimum Gasteiger partial charge on any atom is -0.444 e. The third kappa shape index (κ3) is 20.1. The predicted octanol–water partition coefficient (Wildman–Crippen LogP) is 8.49. The second-order valence-corrected chi connectivity index (χ2v) is 37.7. The van der Waals surface area contributed by atoms with Gasteiger partial charge in [0.1, 0.15) is 83.2 Å². The van der Waals surface area contributed by atoms with Crippen molar-refractivity contribution in [1.82, 2.24) is 25.3 Å². The number of alkyl halides is 3. The number of aliphatic hydroxyl groups is 5. The molecular formula is C86H130F3N5O21. The molecule has 8 aliphatic heterocycles. The first-order chi connectivity index (χ1) is 53.4. The zero-order chi connectivity index (χ0) is 85.5. The highest BCUT2D eigenvalue weighted by atomic mass is 19.3. The summed E-state index contributed by atoms with van der Waals surface area (Å²) in [5, 5.41) is 54.1. The molecule has 115 heavy (non-hydrogen) atoms. The highest BCUT2D eigenvalue weighted by Crippen LogP contribution is 2.60. The maximum Gasteiger partial charge on any atom is 0.410 e. The Labute approximate surface area is 679 Å². The Morgan fingerprint density at radius 1 is 0.496 bits per heavy atom. The summed E-state index contributed by atoms with van der Waals surface area (Å²) in [6.45, 7) is 35.4. The molecule has 0 unspecified atom stereocenters. The minimum absolute atomic E-state index is 0.00320. The molecule has 8 heterocycles. The predicted molar refractivity (Wildman–Crippen MR) is 417 cm³/mol. The zero-order valence-corrected chi connectivity index (χ0v) is 71.5. The number of carbonyl (C=O) groups is 4. The molecule has 13 fully saturated rings. The van der Waals surface area contributed by atoms with Crippen LogP contribution in [-0.2, 0) is 61.6 Å². The van der Waals surface area contributed by atoms with E-state index in [1.54, 1.807) is 36.0 Å². The van der Waals surface area contributed by atoms with Crippen LogP contribution in [0, 0.1) is 89.3 Å². The molecule has 0 aromatic rings. The van der Waals surface area contributed by atoms with Gasteiger partial charge in [-0.3, -0.25) is 19.1 Å². The Morgan fingerprint density at radius 3 is 1.10 bits per heavy atom. The fraction of sp³-hybridized carbons (Fsp3) is 0.837. The second-order valence-electron chi connectivity index (χ2n) is 37.7. The summed E-state index contributed by atoms with van der Waals surface area (Å²) in [7, 11) is 4.82. The third-order valence-electron chi connectivity index (χ3n) is 25.2. The number of terminal acetylenes is 1. The summed E-state index contributed by atoms with van der Waals surface area (Å²) in [4.78, 5) is 55.1. The Bertz CT molecular complexity index is 3750. The number of nitrogens with zero attached hydrogens (tertiary/aromatic N) is 3. The number of amides is 3. The van der Waals surface area contributed by atoms with Gasteiger partial charge in [0.15, 0.2) is 17.4 Å². The summed E-state index contributed by atoms with van der Waals surface area (Å²) >= 11 is 0. The van der Waals surface area contributed by atoms with Gasteiger partial charge in [0.05, 0.1) is 110 Å². The van der Waals surface area contributed by atoms with Crippen molar-refractivity contribution in [1.29, 1.82) is 0 Å². The molecular weight excluding hydrogens is 1500 g/mol. The van der Waals surface area contributed by atoms with Crippen molar-refractivity contribution < 1.29 is 115 Å². The molecule has 13 aliphatic rings. The number of fused-ring (bicyclic) bond motifs is 3. The molecule has 0 bridgehead atoms. The maximum atomic E-state index is 13.1. The van der Waals surface area contributed by atoms with Gasteiger partial charge in [-0.15, -0.1) is 18.3 Å². The molecule has 7 N–H and O–H groups in total. The first kappa shape index (κ1) is 93.3. The van der Waals surface area contributed by atoms with E-state index in [0.717, 1.165) is 70.5 Å². The van der Waals surface area contributed by atoms with Crippen LogP contribution in [-0.4, -0.2) is 278 Å². The summed E-state index contributed by atoms with van der Waals surface area (Å²) in [5.41, 5.74) is -5.50. The summed E-state index contributed by atoms with van der Waals surface area (Å²) in [6, 6.07) is 0. The number of hydrogen-bond acceptors (Lipinski definition) is 23. The van der Waals surface area contributed by atoms with Crippen molar-refractivity contribution in [2.45, 2.75) is 361 Å². The lowest BCUT2D eigenvalue weighted by molar-refractivity contribution is -0.394. The van der Waals surface area contributed by atoms with Gasteiger partial charge in [-0.2, -0.15) is 0 Å². The fourth-order valence-electron chi connectivity index (χ4n) is 17.1. The number of halogens is 3. The minimum atomic E-state index is -2.44. The Morgan fingerprint density at radius 2 is 0.809 bits per heavy atom. The summed E-state index contributed by atoms with van der Waals surface area (Å²) < 4.78 is 108. The number of nitrogens with one attached hydrogen (secondary N) is 2. The molecule has 0 radical (unpaired) electrons. The largest absolute Gasteiger partial charge is 0.444 e. The Kier molecular flexibility index (Phi) is 28.3. The quantitative estimate of drug-likeness (QED) is 0.0713. The van der Waals surface area contributed by atoms with Crippen molar-refractivity contribution in [3.63, 3.8) is 0 Å². The standard InChI is InChI=1S/C22H35NO6.C22H33NO6.C20H31NO5.C11H15F2NO2.C11H16FNO2/c2*1-19(2,3)29-18(25)23-14-16-17(28-21(6,26-7)20(4,5)27-16)15(10-8-9-13-24)22(23)11-12-22;1-9-13-15-14(24-18(5,6)19(7,23-8)25-15)12-21(20(13)10-11-20)16(22)26-17(2,3)4;12-9(13)3-1-2-7-10(16)8(15)6-14-11(7)4-5-11;12-6-2-1-3-8-10(15)9(14)7-13-11(8)4-5-11/h15-17,24H,9,11-14H2,1-7H3;13,15-17H,9,11-12,14H2,1-7H3;1,13-15H,10-12H2,2-8H3;7-10,14-16H,3-6H2;8-10,13-15H,2,4-7H2/t2*15-,16-,17-,21+;13-,14-,15-,19+;7-,8-,10-;8-,9-,10-/m11111/s1. The van der Waals surface area contributed by atoms with Gasteiger partial charge in [0.2, 0.25) is 6.43 Å². The molecule has 18 atom stereocenters. The van der Waals surface area contributed by atoms with E-state index in [4.69, 9.17) is 68.4 Å². The van der Waals surface area contributed by atoms with Gasteiger partial charge in [-0.1, -0.05) is 41.4 Å². The number of methoxy groups -OCH3 is 3. The molecule has 0 aromatic carbocycles. The van der Waals surface area contributed by atoms with Crippen molar-refractivity contribution in [2.24, 2.45) is 29.6 Å². The molecule has 0 aromatic heterocycles. The van der Waals surface area contributed by atoms with E-state index in [9.17, 15) is 52.8 Å². The monoisotopic (exact) mass is 1630 g/mol. The van der Waals surface area contributed by atoms with Crippen molar-refractivity contribution in [2.75, 3.05) is 67.3 Å². The number of ether oxygens (including phenoxy) is 12. The third-order valence-corrected chi connectivity index (χ3v) is 25.2. The van der Waals surface area contributed by atoms with Crippen LogP contribution >= 0.6 is 0 Å². The Balaban J connectivity index is 0.000000168. The lowest BCUT2D eigenvalue weighted by atomic mass is 9.80. The smallest absolute Gasteiger partial charge is 0.410 e. The Hall–Kier alpha value is -5.57. The van der Waals surface area contributed by atoms with Crippen LogP contribution in [0.3, 0.4) is 0 Å². The molecule has 5 aliphatic carbocycles. The normalized spacial score (nSPS) is 35.8. The van der Waals surface area contributed by atoms with Crippen molar-refractivity contribution >= 4 is 24.6 Å². The zero-order valence-electron chi connectivity index (χ0n) is 71.5. The van der Waals surface area contributed by atoms with E-state index in [1.807, 2.05) is 125 Å². The second kappa shape index (κ2) is 34.9.